The summed E-state index contributed by atoms with van der Waals surface area (Å²) in [5.41, 5.74) is 6.81. The first-order chi connectivity index (χ1) is 8.19. The molecule has 2 aromatic rings. The average Bonchev–Trinajstić information content (AvgIpc) is 2.77. The number of aromatic nitrogens is 3. The Morgan fingerprint density at radius 2 is 2.06 bits per heavy atom. The Bertz CT molecular complexity index is 481. The standard InChI is InChI=1S/C10H12N4S3/c1-6(11)7-3-4-8(12-5-7)16-10-14-13-9(15-2)17-10/h3-6H,11H2,1-2H3/t6-/m0/s1. The van der Waals surface area contributed by atoms with Crippen LogP contribution in [0.15, 0.2) is 32.0 Å². The summed E-state index contributed by atoms with van der Waals surface area (Å²) in [4.78, 5) is 4.35. The quantitative estimate of drug-likeness (QED) is 0.871. The Morgan fingerprint density at radius 3 is 2.59 bits per heavy atom. The van der Waals surface area contributed by atoms with Gasteiger partial charge in [0.25, 0.3) is 0 Å². The highest BCUT2D eigenvalue weighted by atomic mass is 32.2. The van der Waals surface area contributed by atoms with E-state index in [9.17, 15) is 0 Å². The summed E-state index contributed by atoms with van der Waals surface area (Å²) >= 11 is 4.70. The largest absolute Gasteiger partial charge is 0.324 e. The molecule has 0 bridgehead atoms. The third-order valence-corrected chi connectivity index (χ3v) is 4.94. The Hall–Kier alpha value is -0.630. The molecular weight excluding hydrogens is 272 g/mol. The molecule has 0 aliphatic rings. The maximum absolute atomic E-state index is 5.77. The molecule has 2 aromatic heterocycles. The molecular formula is C10H12N4S3. The molecule has 90 valence electrons. The molecule has 2 N–H and O–H groups in total. The number of hydrogen-bond acceptors (Lipinski definition) is 7. The first kappa shape index (κ1) is 12.8. The van der Waals surface area contributed by atoms with Gasteiger partial charge < -0.3 is 5.73 Å². The van der Waals surface area contributed by atoms with E-state index in [1.165, 1.54) is 11.8 Å². The van der Waals surface area contributed by atoms with Crippen molar-refractivity contribution < 1.29 is 0 Å². The van der Waals surface area contributed by atoms with Crippen molar-refractivity contribution in [2.45, 2.75) is 26.7 Å². The van der Waals surface area contributed by atoms with Crippen LogP contribution in [-0.4, -0.2) is 21.4 Å². The third kappa shape index (κ3) is 3.41. The summed E-state index contributed by atoms with van der Waals surface area (Å²) in [5, 5.41) is 9.04. The van der Waals surface area contributed by atoms with Crippen molar-refractivity contribution in [1.82, 2.24) is 15.2 Å². The lowest BCUT2D eigenvalue weighted by Crippen LogP contribution is -2.04. The maximum atomic E-state index is 5.77. The summed E-state index contributed by atoms with van der Waals surface area (Å²) < 4.78 is 1.88. The fraction of sp³-hybridized carbons (Fsp3) is 0.300. The molecule has 0 saturated carbocycles. The molecule has 4 nitrogen and oxygen atoms in total. The topological polar surface area (TPSA) is 64.7 Å². The molecule has 0 saturated heterocycles. The number of hydrogen-bond donors (Lipinski definition) is 1. The molecule has 0 spiro atoms. The second-order valence-electron chi connectivity index (χ2n) is 3.36. The maximum Gasteiger partial charge on any atom is 0.181 e. The van der Waals surface area contributed by atoms with Gasteiger partial charge >= 0.3 is 0 Å². The predicted octanol–water partition coefficient (Wildman–Crippen LogP) is 2.83. The summed E-state index contributed by atoms with van der Waals surface area (Å²) in [6.45, 7) is 1.94. The van der Waals surface area contributed by atoms with Gasteiger partial charge in [0.05, 0.1) is 0 Å². The third-order valence-electron chi connectivity index (χ3n) is 2.04. The minimum atomic E-state index is 0.0196. The zero-order valence-electron chi connectivity index (χ0n) is 9.45. The van der Waals surface area contributed by atoms with E-state index in [2.05, 4.69) is 15.2 Å². The first-order valence-corrected chi connectivity index (χ1v) is 7.81. The van der Waals surface area contributed by atoms with E-state index in [1.54, 1.807) is 23.1 Å². The van der Waals surface area contributed by atoms with Crippen molar-refractivity contribution >= 4 is 34.9 Å². The molecule has 0 aliphatic carbocycles. The lowest BCUT2D eigenvalue weighted by atomic mass is 10.2. The number of rotatable bonds is 4. The van der Waals surface area contributed by atoms with Crippen molar-refractivity contribution in [2.75, 3.05) is 6.26 Å². The van der Waals surface area contributed by atoms with Crippen LogP contribution in [0.1, 0.15) is 18.5 Å². The normalized spacial score (nSPS) is 12.6. The van der Waals surface area contributed by atoms with Crippen LogP contribution in [0, 0.1) is 0 Å². The monoisotopic (exact) mass is 284 g/mol. The molecule has 17 heavy (non-hydrogen) atoms. The zero-order chi connectivity index (χ0) is 12.3. The molecule has 0 fully saturated rings. The molecule has 0 aliphatic heterocycles. The van der Waals surface area contributed by atoms with E-state index in [0.717, 1.165) is 19.3 Å². The van der Waals surface area contributed by atoms with Crippen LogP contribution in [0.4, 0.5) is 0 Å². The average molecular weight is 284 g/mol. The Balaban J connectivity index is 2.08. The van der Waals surface area contributed by atoms with Gasteiger partial charge in [-0.25, -0.2) is 4.98 Å². The van der Waals surface area contributed by atoms with E-state index in [1.807, 2.05) is 31.5 Å². The molecule has 7 heteroatoms. The molecule has 1 atom stereocenters. The second-order valence-corrected chi connectivity index (χ2v) is 6.66. The van der Waals surface area contributed by atoms with Gasteiger partial charge in [-0.3, -0.25) is 0 Å². The molecule has 2 rings (SSSR count). The van der Waals surface area contributed by atoms with Crippen LogP contribution in [-0.2, 0) is 0 Å². The van der Waals surface area contributed by atoms with Gasteiger partial charge in [0.1, 0.15) is 5.03 Å². The molecule has 0 amide bonds. The van der Waals surface area contributed by atoms with Gasteiger partial charge in [-0.2, -0.15) is 0 Å². The lowest BCUT2D eigenvalue weighted by molar-refractivity contribution is 0.806. The minimum Gasteiger partial charge on any atom is -0.324 e. The number of pyridine rings is 1. The van der Waals surface area contributed by atoms with Crippen LogP contribution >= 0.6 is 34.9 Å². The van der Waals surface area contributed by atoms with E-state index in [4.69, 9.17) is 5.73 Å². The molecule has 0 radical (unpaired) electrons. The summed E-state index contributed by atoms with van der Waals surface area (Å²) in [5.74, 6) is 0. The summed E-state index contributed by atoms with van der Waals surface area (Å²) in [6.07, 6.45) is 3.80. The van der Waals surface area contributed by atoms with Gasteiger partial charge in [-0.1, -0.05) is 29.2 Å². The smallest absolute Gasteiger partial charge is 0.181 e. The van der Waals surface area contributed by atoms with Crippen molar-refractivity contribution in [3.05, 3.63) is 23.9 Å². The SMILES string of the molecule is CSc1nnc(Sc2ccc([C@H](C)N)cn2)s1. The molecule has 2 heterocycles. The fourth-order valence-electron chi connectivity index (χ4n) is 1.13. The van der Waals surface area contributed by atoms with Gasteiger partial charge in [-0.15, -0.1) is 10.2 Å². The summed E-state index contributed by atoms with van der Waals surface area (Å²) in [7, 11) is 0. The first-order valence-electron chi connectivity index (χ1n) is 4.96. The zero-order valence-corrected chi connectivity index (χ0v) is 11.9. The summed E-state index contributed by atoms with van der Waals surface area (Å²) in [6, 6.07) is 3.98. The number of nitrogens with two attached hydrogens (primary N) is 1. The van der Waals surface area contributed by atoms with E-state index < -0.39 is 0 Å². The number of thioether (sulfide) groups is 1. The van der Waals surface area contributed by atoms with Crippen LogP contribution in [0.3, 0.4) is 0 Å². The van der Waals surface area contributed by atoms with Gasteiger partial charge in [0, 0.05) is 12.2 Å². The Morgan fingerprint density at radius 1 is 1.29 bits per heavy atom. The van der Waals surface area contributed by atoms with Crippen LogP contribution in [0.5, 0.6) is 0 Å². The van der Waals surface area contributed by atoms with Crippen molar-refractivity contribution in [1.29, 1.82) is 0 Å². The van der Waals surface area contributed by atoms with Crippen molar-refractivity contribution in [3.63, 3.8) is 0 Å². The van der Waals surface area contributed by atoms with Gasteiger partial charge in [-0.05, 0) is 36.6 Å². The minimum absolute atomic E-state index is 0.0196. The number of nitrogens with zero attached hydrogens (tertiary/aromatic N) is 3. The Kier molecular flexibility index (Phi) is 4.38. The van der Waals surface area contributed by atoms with E-state index in [-0.39, 0.29) is 6.04 Å². The van der Waals surface area contributed by atoms with E-state index >= 15 is 0 Å². The van der Waals surface area contributed by atoms with E-state index in [0.29, 0.717) is 0 Å². The van der Waals surface area contributed by atoms with Crippen molar-refractivity contribution in [2.24, 2.45) is 5.73 Å². The lowest BCUT2D eigenvalue weighted by Gasteiger charge is -2.04. The Labute approximate surface area is 112 Å². The van der Waals surface area contributed by atoms with Gasteiger partial charge in [0.15, 0.2) is 8.68 Å². The highest BCUT2D eigenvalue weighted by Crippen LogP contribution is 2.31. The predicted molar refractivity (Wildman–Crippen MR) is 72.7 cm³/mol. The van der Waals surface area contributed by atoms with Crippen LogP contribution in [0.2, 0.25) is 0 Å². The highest BCUT2D eigenvalue weighted by Gasteiger charge is 2.06. The molecule has 0 aromatic carbocycles. The van der Waals surface area contributed by atoms with Crippen molar-refractivity contribution in [3.8, 4) is 0 Å². The molecule has 0 unspecified atom stereocenters. The second kappa shape index (κ2) is 5.81. The van der Waals surface area contributed by atoms with Crippen LogP contribution < -0.4 is 5.73 Å². The fourth-order valence-corrected chi connectivity index (χ4v) is 3.46. The highest BCUT2D eigenvalue weighted by molar-refractivity contribution is 8.02. The van der Waals surface area contributed by atoms with Crippen LogP contribution in [0.25, 0.3) is 0 Å². The van der Waals surface area contributed by atoms with Gasteiger partial charge in [0.2, 0.25) is 0 Å².